The summed E-state index contributed by atoms with van der Waals surface area (Å²) >= 11 is 0. The van der Waals surface area contributed by atoms with Crippen molar-refractivity contribution in [3.63, 3.8) is 0 Å². The number of aromatic nitrogens is 4. The molecule has 7 nitrogen and oxygen atoms in total. The second-order valence-corrected chi connectivity index (χ2v) is 7.03. The molecule has 0 bridgehead atoms. The van der Waals surface area contributed by atoms with Gasteiger partial charge in [0.1, 0.15) is 0 Å². The Labute approximate surface area is 190 Å². The first kappa shape index (κ1) is 20.1. The van der Waals surface area contributed by atoms with Gasteiger partial charge in [0, 0.05) is 23.5 Å². The monoisotopic (exact) mass is 430 g/mol. The molecule has 0 aliphatic heterocycles. The van der Waals surface area contributed by atoms with E-state index < -0.39 is 0 Å². The second-order valence-electron chi connectivity index (χ2n) is 7.03. The first-order valence-electron chi connectivity index (χ1n) is 10.3. The van der Waals surface area contributed by atoms with Gasteiger partial charge in [-0.15, -0.1) is 10.2 Å². The maximum atomic E-state index is 5.88. The van der Waals surface area contributed by atoms with Gasteiger partial charge in [0.15, 0.2) is 0 Å². The highest BCUT2D eigenvalue weighted by atomic mass is 16.4. The van der Waals surface area contributed by atoms with Crippen molar-refractivity contribution in [2.75, 3.05) is 0 Å². The number of benzene rings is 2. The summed E-state index contributed by atoms with van der Waals surface area (Å²) in [5.41, 5.74) is 4.87. The Morgan fingerprint density at radius 2 is 1.00 bits per heavy atom. The van der Waals surface area contributed by atoms with Gasteiger partial charge in [0.2, 0.25) is 11.8 Å². The number of hydrogen-bond donors (Lipinski definition) is 0. The van der Waals surface area contributed by atoms with Crippen molar-refractivity contribution >= 4 is 23.8 Å². The van der Waals surface area contributed by atoms with Crippen molar-refractivity contribution in [1.29, 1.82) is 0 Å². The molecule has 0 spiro atoms. The normalized spacial score (nSPS) is 11.4. The molecule has 5 rings (SSSR count). The van der Waals surface area contributed by atoms with Gasteiger partial charge in [-0.3, -0.25) is 20.0 Å². The van der Waals surface area contributed by atoms with Crippen LogP contribution in [0.25, 0.3) is 22.9 Å². The molecule has 0 atom stereocenters. The first-order chi connectivity index (χ1) is 16.3. The van der Waals surface area contributed by atoms with Crippen molar-refractivity contribution in [2.24, 2.45) is 9.98 Å². The molecule has 5 aromatic rings. The van der Waals surface area contributed by atoms with E-state index in [0.29, 0.717) is 11.8 Å². The third-order valence-electron chi connectivity index (χ3n) is 4.72. The first-order valence-corrected chi connectivity index (χ1v) is 10.3. The van der Waals surface area contributed by atoms with Gasteiger partial charge in [0.25, 0.3) is 0 Å². The Balaban J connectivity index is 1.27. The van der Waals surface area contributed by atoms with Crippen molar-refractivity contribution in [3.8, 4) is 22.9 Å². The van der Waals surface area contributed by atoms with Gasteiger partial charge in [-0.05, 0) is 72.8 Å². The molecule has 3 heterocycles. The van der Waals surface area contributed by atoms with Crippen LogP contribution in [-0.2, 0) is 0 Å². The molecule has 0 fully saturated rings. The zero-order valence-electron chi connectivity index (χ0n) is 17.5. The molecule has 0 unspecified atom stereocenters. The molecule has 0 saturated carbocycles. The minimum atomic E-state index is 0.447. The summed E-state index contributed by atoms with van der Waals surface area (Å²) in [5, 5.41) is 8.36. The smallest absolute Gasteiger partial charge is 0.248 e. The fourth-order valence-corrected chi connectivity index (χ4v) is 3.02. The Morgan fingerprint density at radius 3 is 1.39 bits per heavy atom. The second kappa shape index (κ2) is 9.57. The summed E-state index contributed by atoms with van der Waals surface area (Å²) in [6.07, 6.45) is 6.93. The average Bonchev–Trinajstić information content (AvgIpc) is 3.38. The predicted molar refractivity (Wildman–Crippen MR) is 128 cm³/mol. The minimum absolute atomic E-state index is 0.447. The van der Waals surface area contributed by atoms with Crippen LogP contribution < -0.4 is 0 Å². The molecule has 0 radical (unpaired) electrons. The van der Waals surface area contributed by atoms with Crippen LogP contribution in [0.2, 0.25) is 0 Å². The summed E-state index contributed by atoms with van der Waals surface area (Å²) in [6.45, 7) is 0. The molecule has 0 N–H and O–H groups in total. The lowest BCUT2D eigenvalue weighted by atomic mass is 10.2. The van der Waals surface area contributed by atoms with Crippen LogP contribution in [0.4, 0.5) is 11.4 Å². The van der Waals surface area contributed by atoms with Crippen molar-refractivity contribution in [2.45, 2.75) is 0 Å². The Bertz CT molecular complexity index is 1270. The van der Waals surface area contributed by atoms with Crippen LogP contribution in [0.5, 0.6) is 0 Å². The van der Waals surface area contributed by atoms with Gasteiger partial charge in [-0.2, -0.15) is 0 Å². The predicted octanol–water partition coefficient (Wildman–Crippen LogP) is 5.69. The quantitative estimate of drug-likeness (QED) is 0.323. The third-order valence-corrected chi connectivity index (χ3v) is 4.72. The van der Waals surface area contributed by atoms with E-state index in [2.05, 4.69) is 30.2 Å². The van der Waals surface area contributed by atoms with Crippen LogP contribution in [0.1, 0.15) is 11.4 Å². The molecule has 0 aliphatic rings. The van der Waals surface area contributed by atoms with Gasteiger partial charge in [-0.25, -0.2) is 0 Å². The number of aliphatic imine (C=N–C) groups is 2. The van der Waals surface area contributed by atoms with Crippen molar-refractivity contribution in [3.05, 3.63) is 109 Å². The van der Waals surface area contributed by atoms with Crippen LogP contribution in [0.3, 0.4) is 0 Å². The maximum Gasteiger partial charge on any atom is 0.248 e. The number of hydrogen-bond acceptors (Lipinski definition) is 7. The molecule has 2 aromatic carbocycles. The lowest BCUT2D eigenvalue weighted by Crippen LogP contribution is -1.84. The highest BCUT2D eigenvalue weighted by Gasteiger charge is 2.10. The summed E-state index contributed by atoms with van der Waals surface area (Å²) in [6, 6.07) is 26.6. The summed E-state index contributed by atoms with van der Waals surface area (Å²) < 4.78 is 5.88. The fraction of sp³-hybridized carbons (Fsp3) is 0. The summed E-state index contributed by atoms with van der Waals surface area (Å²) in [4.78, 5) is 17.3. The zero-order chi connectivity index (χ0) is 22.3. The van der Waals surface area contributed by atoms with E-state index in [4.69, 9.17) is 4.42 Å². The molecule has 33 heavy (non-hydrogen) atoms. The van der Waals surface area contributed by atoms with Crippen molar-refractivity contribution in [1.82, 2.24) is 20.2 Å². The SMILES string of the molecule is C(=Nc1ccc(-c2nnc(-c3ccc(N=Cc4ccccn4)cc3)o2)cc1)c1ccccn1. The maximum absolute atomic E-state index is 5.88. The molecule has 0 saturated heterocycles. The lowest BCUT2D eigenvalue weighted by molar-refractivity contribution is 0.584. The van der Waals surface area contributed by atoms with Crippen LogP contribution >= 0.6 is 0 Å². The average molecular weight is 430 g/mol. The number of rotatable bonds is 6. The Kier molecular flexibility index (Phi) is 5.84. The standard InChI is InChI=1S/C26H18N6O/c1-3-15-27-23(5-1)17-29-21-11-7-19(8-12-21)25-31-32-26(33-25)20-9-13-22(14-10-20)30-18-24-6-2-4-16-28-24/h1-18H. The molecular formula is C26H18N6O. The zero-order valence-corrected chi connectivity index (χ0v) is 17.5. The number of pyridine rings is 2. The summed E-state index contributed by atoms with van der Waals surface area (Å²) in [5.74, 6) is 0.894. The van der Waals surface area contributed by atoms with Crippen LogP contribution in [-0.4, -0.2) is 32.6 Å². The van der Waals surface area contributed by atoms with Crippen LogP contribution in [0.15, 0.2) is 112 Å². The van der Waals surface area contributed by atoms with E-state index in [-0.39, 0.29) is 0 Å². The van der Waals surface area contributed by atoms with E-state index >= 15 is 0 Å². The van der Waals surface area contributed by atoms with Gasteiger partial charge in [-0.1, -0.05) is 12.1 Å². The highest BCUT2D eigenvalue weighted by molar-refractivity contribution is 5.80. The van der Waals surface area contributed by atoms with Crippen molar-refractivity contribution < 1.29 is 4.42 Å². The minimum Gasteiger partial charge on any atom is -0.416 e. The van der Waals surface area contributed by atoms with Gasteiger partial charge < -0.3 is 4.42 Å². The van der Waals surface area contributed by atoms with Gasteiger partial charge >= 0.3 is 0 Å². The third kappa shape index (κ3) is 5.11. The van der Waals surface area contributed by atoms with E-state index in [0.717, 1.165) is 33.9 Å². The largest absolute Gasteiger partial charge is 0.416 e. The molecule has 3 aromatic heterocycles. The Morgan fingerprint density at radius 1 is 0.545 bits per heavy atom. The number of nitrogens with zero attached hydrogens (tertiary/aromatic N) is 6. The summed E-state index contributed by atoms with van der Waals surface area (Å²) in [7, 11) is 0. The molecule has 0 aliphatic carbocycles. The van der Waals surface area contributed by atoms with Crippen LogP contribution in [0, 0.1) is 0 Å². The Hall–Kier alpha value is -4.78. The highest BCUT2D eigenvalue weighted by Crippen LogP contribution is 2.26. The molecule has 0 amide bonds. The van der Waals surface area contributed by atoms with E-state index in [1.165, 1.54) is 0 Å². The lowest BCUT2D eigenvalue weighted by Gasteiger charge is -1.98. The molecular weight excluding hydrogens is 412 g/mol. The van der Waals surface area contributed by atoms with E-state index in [1.54, 1.807) is 24.8 Å². The topological polar surface area (TPSA) is 89.4 Å². The van der Waals surface area contributed by atoms with E-state index in [9.17, 15) is 0 Å². The van der Waals surface area contributed by atoms with Gasteiger partial charge in [0.05, 0.1) is 35.2 Å². The molecule has 7 heteroatoms. The molecule has 158 valence electrons. The van der Waals surface area contributed by atoms with E-state index in [1.807, 2.05) is 84.9 Å². The fourth-order valence-electron chi connectivity index (χ4n) is 3.02.